The van der Waals surface area contributed by atoms with Crippen molar-refractivity contribution in [1.82, 2.24) is 4.90 Å². The van der Waals surface area contributed by atoms with Crippen molar-refractivity contribution in [3.63, 3.8) is 0 Å². The van der Waals surface area contributed by atoms with E-state index in [0.29, 0.717) is 12.6 Å². The number of aliphatic hydroxyl groups excluding tert-OH is 2. The van der Waals surface area contributed by atoms with E-state index in [1.807, 2.05) is 12.1 Å². The zero-order chi connectivity index (χ0) is 15.5. The number of nitrogens with zero attached hydrogens (tertiary/aromatic N) is 1. The Labute approximate surface area is 132 Å². The summed E-state index contributed by atoms with van der Waals surface area (Å²) >= 11 is 0. The molecular formula is C18H27NO3. The third-order valence-corrected chi connectivity index (χ3v) is 5.15. The lowest BCUT2D eigenvalue weighted by molar-refractivity contribution is -0.0334. The average Bonchev–Trinajstić information content (AvgIpc) is 2.56. The number of likely N-dealkylation sites (tertiary alicyclic amines) is 1. The Hall–Kier alpha value is -1.10. The van der Waals surface area contributed by atoms with Gasteiger partial charge in [0.1, 0.15) is 18.5 Å². The molecule has 3 atom stereocenters. The monoisotopic (exact) mass is 305 g/mol. The second kappa shape index (κ2) is 6.99. The molecule has 4 heteroatoms. The molecule has 3 unspecified atom stereocenters. The first-order chi connectivity index (χ1) is 10.8. The van der Waals surface area contributed by atoms with E-state index in [4.69, 9.17) is 4.74 Å². The molecule has 0 spiro atoms. The van der Waals surface area contributed by atoms with Crippen LogP contribution >= 0.6 is 0 Å². The molecule has 0 aliphatic carbocycles. The zero-order valence-electron chi connectivity index (χ0n) is 13.4. The van der Waals surface area contributed by atoms with Crippen LogP contribution in [0.5, 0.6) is 5.75 Å². The Balaban J connectivity index is 1.84. The number of aliphatic hydroxyl groups is 2. The lowest BCUT2D eigenvalue weighted by Crippen LogP contribution is -2.53. The fourth-order valence-corrected chi connectivity index (χ4v) is 3.95. The maximum Gasteiger partial charge on any atom is 0.128 e. The van der Waals surface area contributed by atoms with Crippen LogP contribution in [0, 0.1) is 0 Å². The third kappa shape index (κ3) is 2.87. The molecule has 4 nitrogen and oxygen atoms in total. The van der Waals surface area contributed by atoms with Gasteiger partial charge in [0.25, 0.3) is 0 Å². The molecule has 1 saturated heterocycles. The average molecular weight is 305 g/mol. The van der Waals surface area contributed by atoms with E-state index in [1.165, 1.54) is 12.0 Å². The molecular weight excluding hydrogens is 278 g/mol. The van der Waals surface area contributed by atoms with Crippen molar-refractivity contribution in [1.29, 1.82) is 0 Å². The first-order valence-electron chi connectivity index (χ1n) is 8.55. The smallest absolute Gasteiger partial charge is 0.128 e. The van der Waals surface area contributed by atoms with E-state index >= 15 is 0 Å². The summed E-state index contributed by atoms with van der Waals surface area (Å²) in [7, 11) is 0. The zero-order valence-corrected chi connectivity index (χ0v) is 13.4. The van der Waals surface area contributed by atoms with E-state index < -0.39 is 6.10 Å². The lowest BCUT2D eigenvalue weighted by atomic mass is 9.90. The van der Waals surface area contributed by atoms with Crippen LogP contribution in [-0.4, -0.2) is 47.0 Å². The number of benzene rings is 1. The molecule has 0 bridgehead atoms. The van der Waals surface area contributed by atoms with Crippen molar-refractivity contribution < 1.29 is 14.9 Å². The predicted molar refractivity (Wildman–Crippen MR) is 86.1 cm³/mol. The van der Waals surface area contributed by atoms with Crippen LogP contribution in [0.4, 0.5) is 0 Å². The van der Waals surface area contributed by atoms with Crippen LogP contribution in [-0.2, 0) is 6.42 Å². The summed E-state index contributed by atoms with van der Waals surface area (Å²) in [6, 6.07) is 6.42. The van der Waals surface area contributed by atoms with Gasteiger partial charge in [-0.25, -0.2) is 0 Å². The molecule has 2 aliphatic heterocycles. The fraction of sp³-hybridized carbons (Fsp3) is 0.667. The summed E-state index contributed by atoms with van der Waals surface area (Å²) in [4.78, 5) is 2.37. The first-order valence-corrected chi connectivity index (χ1v) is 8.55. The minimum Gasteiger partial charge on any atom is -0.491 e. The van der Waals surface area contributed by atoms with Crippen molar-refractivity contribution in [2.75, 3.05) is 19.8 Å². The standard InChI is InChI=1S/C18H27NO3/c1-2-13-6-5-8-15-17(21)16(12-22-18(13)15)19-10-4-3-7-14(19)9-11-20/h5-6,8,14,16-17,20-21H,2-4,7,9-12H2,1H3. The molecule has 2 heterocycles. The third-order valence-electron chi connectivity index (χ3n) is 5.15. The normalized spacial score (nSPS) is 29.0. The van der Waals surface area contributed by atoms with Gasteiger partial charge in [-0.05, 0) is 37.8 Å². The van der Waals surface area contributed by atoms with Gasteiger partial charge in [-0.15, -0.1) is 0 Å². The van der Waals surface area contributed by atoms with Crippen LogP contribution in [0.3, 0.4) is 0 Å². The number of rotatable bonds is 4. The maximum atomic E-state index is 10.9. The summed E-state index contributed by atoms with van der Waals surface area (Å²) < 4.78 is 6.04. The molecule has 1 aromatic carbocycles. The Morgan fingerprint density at radius 2 is 2.18 bits per heavy atom. The molecule has 122 valence electrons. The largest absolute Gasteiger partial charge is 0.491 e. The van der Waals surface area contributed by atoms with Gasteiger partial charge in [-0.1, -0.05) is 31.5 Å². The van der Waals surface area contributed by atoms with Crippen molar-refractivity contribution in [2.45, 2.75) is 57.2 Å². The summed E-state index contributed by atoms with van der Waals surface area (Å²) in [5.74, 6) is 0.879. The highest BCUT2D eigenvalue weighted by molar-refractivity contribution is 5.45. The van der Waals surface area contributed by atoms with E-state index in [-0.39, 0.29) is 12.6 Å². The highest BCUT2D eigenvalue weighted by Crippen LogP contribution is 2.38. The summed E-state index contributed by atoms with van der Waals surface area (Å²) in [5, 5.41) is 20.2. The number of fused-ring (bicyclic) bond motifs is 1. The molecule has 0 amide bonds. The number of para-hydroxylation sites is 1. The SMILES string of the molecule is CCc1cccc2c1OCC(N1CCCCC1CCO)C2O. The summed E-state index contributed by atoms with van der Waals surface area (Å²) in [5.41, 5.74) is 2.09. The van der Waals surface area contributed by atoms with E-state index in [0.717, 1.165) is 43.5 Å². The van der Waals surface area contributed by atoms with Crippen LogP contribution in [0.15, 0.2) is 18.2 Å². The second-order valence-electron chi connectivity index (χ2n) is 6.41. The number of ether oxygens (including phenoxy) is 1. The van der Waals surface area contributed by atoms with Crippen molar-refractivity contribution in [2.24, 2.45) is 0 Å². The van der Waals surface area contributed by atoms with Gasteiger partial charge in [-0.3, -0.25) is 4.90 Å². The van der Waals surface area contributed by atoms with Crippen molar-refractivity contribution in [3.8, 4) is 5.75 Å². The molecule has 3 rings (SSSR count). The molecule has 1 fully saturated rings. The Bertz CT molecular complexity index is 503. The van der Waals surface area contributed by atoms with E-state index in [1.54, 1.807) is 0 Å². The van der Waals surface area contributed by atoms with Gasteiger partial charge in [0.05, 0.1) is 6.04 Å². The maximum absolute atomic E-state index is 10.9. The number of aryl methyl sites for hydroxylation is 1. The topological polar surface area (TPSA) is 52.9 Å². The lowest BCUT2D eigenvalue weighted by Gasteiger charge is -2.45. The van der Waals surface area contributed by atoms with Crippen molar-refractivity contribution >= 4 is 0 Å². The summed E-state index contributed by atoms with van der Waals surface area (Å²) in [6.45, 7) is 3.84. The summed E-state index contributed by atoms with van der Waals surface area (Å²) in [6.07, 6.45) is 4.66. The molecule has 2 N–H and O–H groups in total. The van der Waals surface area contributed by atoms with E-state index in [9.17, 15) is 10.2 Å². The van der Waals surface area contributed by atoms with E-state index in [2.05, 4.69) is 17.9 Å². The minimum absolute atomic E-state index is 0.00328. The quantitative estimate of drug-likeness (QED) is 0.896. The van der Waals surface area contributed by atoms with Crippen LogP contribution in [0.1, 0.15) is 49.8 Å². The van der Waals surface area contributed by atoms with Gasteiger partial charge in [0, 0.05) is 18.2 Å². The molecule has 0 aromatic heterocycles. The van der Waals surface area contributed by atoms with Gasteiger partial charge in [0.2, 0.25) is 0 Å². The number of hydrogen-bond donors (Lipinski definition) is 2. The van der Waals surface area contributed by atoms with Crippen LogP contribution < -0.4 is 4.74 Å². The molecule has 1 aromatic rings. The Kier molecular flexibility index (Phi) is 5.01. The second-order valence-corrected chi connectivity index (χ2v) is 6.41. The highest BCUT2D eigenvalue weighted by atomic mass is 16.5. The molecule has 22 heavy (non-hydrogen) atoms. The van der Waals surface area contributed by atoms with Crippen LogP contribution in [0.2, 0.25) is 0 Å². The predicted octanol–water partition coefficient (Wildman–Crippen LogP) is 2.28. The van der Waals surface area contributed by atoms with Gasteiger partial charge >= 0.3 is 0 Å². The Morgan fingerprint density at radius 1 is 1.32 bits per heavy atom. The first kappa shape index (κ1) is 15.8. The van der Waals surface area contributed by atoms with Crippen LogP contribution in [0.25, 0.3) is 0 Å². The fourth-order valence-electron chi connectivity index (χ4n) is 3.95. The number of piperidine rings is 1. The molecule has 2 aliphatic rings. The van der Waals surface area contributed by atoms with Gasteiger partial charge in [-0.2, -0.15) is 0 Å². The number of hydrogen-bond acceptors (Lipinski definition) is 4. The molecule has 0 radical (unpaired) electrons. The van der Waals surface area contributed by atoms with Gasteiger partial charge < -0.3 is 14.9 Å². The highest BCUT2D eigenvalue weighted by Gasteiger charge is 2.38. The van der Waals surface area contributed by atoms with Crippen molar-refractivity contribution in [3.05, 3.63) is 29.3 Å². The minimum atomic E-state index is -0.505. The molecule has 0 saturated carbocycles. The Morgan fingerprint density at radius 3 is 2.95 bits per heavy atom. The van der Waals surface area contributed by atoms with Gasteiger partial charge in [0.15, 0.2) is 0 Å².